The largest absolute Gasteiger partial charge is 0.441 e. The number of amides is 1. The van der Waals surface area contributed by atoms with Gasteiger partial charge in [-0.2, -0.15) is 0 Å². The Balaban J connectivity index is 1.14. The van der Waals surface area contributed by atoms with Gasteiger partial charge in [0.05, 0.1) is 31.1 Å². The number of carbonyl (C=O) groups is 1. The van der Waals surface area contributed by atoms with E-state index in [9.17, 15) is 9.36 Å². The molecule has 4 aromatic rings. The Bertz CT molecular complexity index is 1590. The number of anilines is 1. The van der Waals surface area contributed by atoms with Gasteiger partial charge in [-0.25, -0.2) is 4.79 Å². The first-order valence-electron chi connectivity index (χ1n) is 12.8. The van der Waals surface area contributed by atoms with E-state index >= 15 is 0 Å². The maximum absolute atomic E-state index is 12.9. The summed E-state index contributed by atoms with van der Waals surface area (Å²) < 4.78 is 31.4. The summed E-state index contributed by atoms with van der Waals surface area (Å²) in [4.78, 5) is 14.5. The number of hydrogen-bond acceptors (Lipinski definition) is 7. The molecule has 3 aromatic carbocycles. The van der Waals surface area contributed by atoms with E-state index < -0.39 is 19.8 Å². The molecule has 39 heavy (non-hydrogen) atoms. The van der Waals surface area contributed by atoms with Crippen molar-refractivity contribution in [3.8, 4) is 22.4 Å². The van der Waals surface area contributed by atoms with Crippen LogP contribution in [0.1, 0.15) is 16.7 Å². The monoisotopic (exact) mass is 544 g/mol. The Morgan fingerprint density at radius 1 is 1.05 bits per heavy atom. The lowest BCUT2D eigenvalue weighted by atomic mass is 9.96. The van der Waals surface area contributed by atoms with Crippen molar-refractivity contribution in [3.05, 3.63) is 89.6 Å². The summed E-state index contributed by atoms with van der Waals surface area (Å²) >= 11 is 0. The molecule has 0 spiro atoms. The first-order valence-corrected chi connectivity index (χ1v) is 14.8. The summed E-state index contributed by atoms with van der Waals surface area (Å²) in [6, 6.07) is 21.7. The van der Waals surface area contributed by atoms with Gasteiger partial charge in [0.1, 0.15) is 11.8 Å². The van der Waals surface area contributed by atoms with Gasteiger partial charge in [0.25, 0.3) is 0 Å². The van der Waals surface area contributed by atoms with Crippen LogP contribution in [-0.4, -0.2) is 46.5 Å². The molecular formula is C29H29N4O5P. The molecule has 1 fully saturated rings. The van der Waals surface area contributed by atoms with E-state index in [-0.39, 0.29) is 19.3 Å². The molecule has 2 aliphatic heterocycles. The smallest absolute Gasteiger partial charge is 0.415 e. The van der Waals surface area contributed by atoms with E-state index in [2.05, 4.69) is 41.5 Å². The number of rotatable bonds is 8. The fourth-order valence-electron chi connectivity index (χ4n) is 5.21. The number of cyclic esters (lactones) is 1. The lowest BCUT2D eigenvalue weighted by Crippen LogP contribution is -2.35. The topological polar surface area (TPSA) is 95.8 Å². The van der Waals surface area contributed by atoms with Crippen molar-refractivity contribution in [1.82, 2.24) is 15.0 Å². The summed E-state index contributed by atoms with van der Waals surface area (Å²) in [7, 11) is -1.49. The van der Waals surface area contributed by atoms with Gasteiger partial charge in [-0.1, -0.05) is 59.8 Å². The number of carbonyl (C=O) groups excluding carboxylic acids is 1. The number of hydrogen-bond donors (Lipinski definition) is 0. The van der Waals surface area contributed by atoms with Gasteiger partial charge >= 0.3 is 13.7 Å². The third-order valence-electron chi connectivity index (χ3n) is 7.20. The predicted molar refractivity (Wildman–Crippen MR) is 148 cm³/mol. The molecule has 0 radical (unpaired) electrons. The summed E-state index contributed by atoms with van der Waals surface area (Å²) in [6.07, 6.45) is 1.56. The summed E-state index contributed by atoms with van der Waals surface area (Å²) in [5, 5.41) is 8.26. The average Bonchev–Trinajstić information content (AvgIpc) is 3.61. The number of benzene rings is 3. The number of nitrogens with zero attached hydrogens (tertiary/aromatic N) is 4. The van der Waals surface area contributed by atoms with E-state index in [1.54, 1.807) is 9.58 Å². The van der Waals surface area contributed by atoms with Crippen LogP contribution in [0.3, 0.4) is 0 Å². The fraction of sp³-hybridized carbons (Fsp3) is 0.276. The molecule has 9 nitrogen and oxygen atoms in total. The Morgan fingerprint density at radius 3 is 2.56 bits per heavy atom. The summed E-state index contributed by atoms with van der Waals surface area (Å²) in [6.45, 7) is 3.69. The van der Waals surface area contributed by atoms with Crippen LogP contribution in [0.4, 0.5) is 10.5 Å². The molecule has 6 rings (SSSR count). The van der Waals surface area contributed by atoms with Gasteiger partial charge in [0.15, 0.2) is 0 Å². The Hall–Kier alpha value is -3.78. The average molecular weight is 545 g/mol. The molecule has 3 heterocycles. The minimum atomic E-state index is -3.34. The number of fused-ring (bicyclic) bond motifs is 3. The van der Waals surface area contributed by atoms with E-state index in [1.165, 1.54) is 6.66 Å². The van der Waals surface area contributed by atoms with E-state index in [0.717, 1.165) is 44.8 Å². The Labute approximate surface area is 226 Å². The highest BCUT2D eigenvalue weighted by Gasteiger charge is 2.48. The van der Waals surface area contributed by atoms with Crippen LogP contribution < -0.4 is 4.90 Å². The molecule has 0 saturated carbocycles. The molecule has 1 aromatic heterocycles. The third-order valence-corrected chi connectivity index (χ3v) is 8.41. The van der Waals surface area contributed by atoms with Crippen molar-refractivity contribution in [2.75, 3.05) is 18.2 Å². The van der Waals surface area contributed by atoms with Crippen LogP contribution in [0.15, 0.2) is 72.9 Å². The van der Waals surface area contributed by atoms with Crippen LogP contribution in [0.25, 0.3) is 22.4 Å². The maximum atomic E-state index is 12.9. The van der Waals surface area contributed by atoms with Gasteiger partial charge in [-0.05, 0) is 53.3 Å². The highest BCUT2D eigenvalue weighted by molar-refractivity contribution is 7.52. The zero-order valence-corrected chi connectivity index (χ0v) is 22.9. The van der Waals surface area contributed by atoms with Crippen LogP contribution >= 0.6 is 7.60 Å². The molecule has 1 amide bonds. The van der Waals surface area contributed by atoms with E-state index in [0.29, 0.717) is 6.42 Å². The van der Waals surface area contributed by atoms with Crippen molar-refractivity contribution >= 4 is 19.4 Å². The van der Waals surface area contributed by atoms with Gasteiger partial charge in [-0.3, -0.25) is 14.1 Å². The van der Waals surface area contributed by atoms with E-state index in [1.807, 2.05) is 55.7 Å². The zero-order chi connectivity index (χ0) is 27.1. The second kappa shape index (κ2) is 10.1. The van der Waals surface area contributed by atoms with Crippen LogP contribution in [0.2, 0.25) is 0 Å². The highest BCUT2D eigenvalue weighted by Crippen LogP contribution is 2.47. The quantitative estimate of drug-likeness (QED) is 0.260. The lowest BCUT2D eigenvalue weighted by Gasteiger charge is -2.19. The molecule has 2 aliphatic rings. The van der Waals surface area contributed by atoms with Crippen molar-refractivity contribution in [3.63, 3.8) is 0 Å². The lowest BCUT2D eigenvalue weighted by molar-refractivity contribution is 0.0817. The molecule has 3 atom stereocenters. The van der Waals surface area contributed by atoms with Crippen molar-refractivity contribution < 1.29 is 23.1 Å². The van der Waals surface area contributed by atoms with Crippen molar-refractivity contribution in [1.29, 1.82) is 0 Å². The number of aryl methyl sites for hydroxylation is 2. The maximum Gasteiger partial charge on any atom is 0.415 e. The Kier molecular flexibility index (Phi) is 6.59. The molecule has 3 unspecified atom stereocenters. The summed E-state index contributed by atoms with van der Waals surface area (Å²) in [5.74, 6) is 0. The second-order valence-corrected chi connectivity index (χ2v) is 12.1. The molecule has 10 heteroatoms. The normalized spacial score (nSPS) is 19.5. The third kappa shape index (κ3) is 5.13. The molecular weight excluding hydrogens is 515 g/mol. The predicted octanol–water partition coefficient (Wildman–Crippen LogP) is 5.76. The van der Waals surface area contributed by atoms with E-state index in [4.69, 9.17) is 13.8 Å². The van der Waals surface area contributed by atoms with Crippen molar-refractivity contribution in [2.24, 2.45) is 7.05 Å². The molecule has 0 bridgehead atoms. The molecule has 0 N–H and O–H groups in total. The van der Waals surface area contributed by atoms with Crippen LogP contribution in [0.5, 0.6) is 0 Å². The van der Waals surface area contributed by atoms with Gasteiger partial charge in [-0.15, -0.1) is 5.10 Å². The minimum absolute atomic E-state index is 0.000640. The van der Waals surface area contributed by atoms with Gasteiger partial charge in [0.2, 0.25) is 0 Å². The number of ether oxygens (including phenoxy) is 1. The standard InChI is InChI=1S/C29H29N4O5P/c1-19-13-21(9-11-24(19)25-16-32(2)31-30-25)22-10-12-26-23(14-22)15-27-28(38-29(34)33(26)27)18-37-39(3,35)36-17-20-7-5-4-6-8-20/h4-14,16,27-28H,15,17-18H2,1-3H3. The number of aromatic nitrogens is 3. The first-order chi connectivity index (χ1) is 18.8. The molecule has 200 valence electrons. The van der Waals surface area contributed by atoms with Crippen molar-refractivity contribution in [2.45, 2.75) is 32.1 Å². The highest BCUT2D eigenvalue weighted by atomic mass is 31.2. The van der Waals surface area contributed by atoms with Crippen LogP contribution in [-0.2, 0) is 38.4 Å². The van der Waals surface area contributed by atoms with Gasteiger partial charge in [0, 0.05) is 19.3 Å². The minimum Gasteiger partial charge on any atom is -0.441 e. The SMILES string of the molecule is Cc1cc(-c2ccc3c(c2)CC2C(COP(C)(=O)OCc4ccccc4)OC(=O)N32)ccc1-c1cn(C)nn1. The Morgan fingerprint density at radius 2 is 1.82 bits per heavy atom. The summed E-state index contributed by atoms with van der Waals surface area (Å²) in [5.41, 5.74) is 7.94. The fourth-order valence-corrected chi connectivity index (χ4v) is 6.09. The van der Waals surface area contributed by atoms with Gasteiger partial charge < -0.3 is 13.8 Å². The second-order valence-electron chi connectivity index (χ2n) is 10.0. The zero-order valence-electron chi connectivity index (χ0n) is 22.0. The van der Waals surface area contributed by atoms with Crippen LogP contribution in [0, 0.1) is 6.92 Å². The molecule has 1 saturated heterocycles. The molecule has 0 aliphatic carbocycles. The first kappa shape index (κ1) is 25.5.